The maximum atomic E-state index is 12.2. The second-order valence-corrected chi connectivity index (χ2v) is 7.46. The number of carbonyl (C=O) groups is 2. The quantitative estimate of drug-likeness (QED) is 0.617. The Morgan fingerprint density at radius 3 is 2.72 bits per heavy atom. The first kappa shape index (κ1) is 19.6. The predicted molar refractivity (Wildman–Crippen MR) is 99.2 cm³/mol. The Balaban J connectivity index is 1.90. The van der Waals surface area contributed by atoms with Crippen LogP contribution in [-0.4, -0.2) is 37.9 Å². The van der Waals surface area contributed by atoms with Crippen LogP contribution in [0, 0.1) is 11.8 Å². The minimum Gasteiger partial charge on any atom is -0.496 e. The van der Waals surface area contributed by atoms with E-state index in [2.05, 4.69) is 19.2 Å². The fourth-order valence-electron chi connectivity index (χ4n) is 3.21. The number of hydrogen-bond donors (Lipinski definition) is 1. The maximum Gasteiger partial charge on any atom is 0.342 e. The molecule has 0 aliphatic heterocycles. The summed E-state index contributed by atoms with van der Waals surface area (Å²) in [7, 11) is 1.51. The van der Waals surface area contributed by atoms with Crippen LogP contribution in [0.25, 0.3) is 0 Å². The smallest absolute Gasteiger partial charge is 0.342 e. The average molecular weight is 365 g/mol. The van der Waals surface area contributed by atoms with Crippen LogP contribution in [0.2, 0.25) is 0 Å². The molecule has 1 aliphatic carbocycles. The highest BCUT2D eigenvalue weighted by Crippen LogP contribution is 2.29. The van der Waals surface area contributed by atoms with Crippen LogP contribution >= 0.6 is 11.8 Å². The van der Waals surface area contributed by atoms with Crippen LogP contribution in [0.1, 0.15) is 43.5 Å². The molecular weight excluding hydrogens is 338 g/mol. The Morgan fingerprint density at radius 2 is 2.04 bits per heavy atom. The van der Waals surface area contributed by atoms with Crippen molar-refractivity contribution in [3.05, 3.63) is 23.8 Å². The molecule has 0 radical (unpaired) electrons. The molecule has 0 spiro atoms. The summed E-state index contributed by atoms with van der Waals surface area (Å²) in [6, 6.07) is 5.43. The largest absolute Gasteiger partial charge is 0.496 e. The van der Waals surface area contributed by atoms with E-state index >= 15 is 0 Å². The van der Waals surface area contributed by atoms with E-state index in [0.717, 1.165) is 17.7 Å². The highest BCUT2D eigenvalue weighted by atomic mass is 32.2. The first-order valence-corrected chi connectivity index (χ1v) is 9.87. The number of ether oxygens (including phenoxy) is 2. The number of amides is 1. The van der Waals surface area contributed by atoms with Gasteiger partial charge in [0.2, 0.25) is 0 Å². The monoisotopic (exact) mass is 365 g/mol. The first-order chi connectivity index (χ1) is 12.0. The third kappa shape index (κ3) is 5.14. The van der Waals surface area contributed by atoms with E-state index in [1.165, 1.54) is 13.5 Å². The molecular formula is C19H27NO4S. The molecule has 1 fully saturated rings. The van der Waals surface area contributed by atoms with E-state index in [1.807, 2.05) is 12.3 Å². The van der Waals surface area contributed by atoms with E-state index in [-0.39, 0.29) is 18.6 Å². The van der Waals surface area contributed by atoms with Crippen LogP contribution in [0.4, 0.5) is 0 Å². The molecule has 138 valence electrons. The van der Waals surface area contributed by atoms with Crippen molar-refractivity contribution in [2.45, 2.75) is 44.0 Å². The minimum atomic E-state index is -0.551. The number of nitrogens with one attached hydrogen (secondary N) is 1. The van der Waals surface area contributed by atoms with Crippen molar-refractivity contribution >= 4 is 23.6 Å². The van der Waals surface area contributed by atoms with Gasteiger partial charge in [0.1, 0.15) is 11.3 Å². The van der Waals surface area contributed by atoms with Gasteiger partial charge in [-0.25, -0.2) is 4.79 Å². The van der Waals surface area contributed by atoms with Gasteiger partial charge in [0.25, 0.3) is 5.91 Å². The predicted octanol–water partition coefficient (Wildman–Crippen LogP) is 3.51. The third-order valence-corrected chi connectivity index (χ3v) is 5.74. The molecule has 0 bridgehead atoms. The molecule has 3 atom stereocenters. The summed E-state index contributed by atoms with van der Waals surface area (Å²) in [5.74, 6) is 0.684. The summed E-state index contributed by atoms with van der Waals surface area (Å²) in [5, 5.41) is 3.00. The molecule has 1 amide bonds. The number of rotatable bonds is 6. The number of hydrogen-bond acceptors (Lipinski definition) is 5. The molecule has 2 rings (SSSR count). The SMILES string of the molecule is COc1cc(SC)ccc1C(=O)OCC(=O)N[C@@H]1CCC[C@H](C)[C@@H]1C. The number of methoxy groups -OCH3 is 1. The maximum absolute atomic E-state index is 12.2. The van der Waals surface area contributed by atoms with Crippen LogP contribution < -0.4 is 10.1 Å². The first-order valence-electron chi connectivity index (χ1n) is 8.64. The molecule has 1 aromatic rings. The van der Waals surface area contributed by atoms with E-state index in [0.29, 0.717) is 23.1 Å². The lowest BCUT2D eigenvalue weighted by atomic mass is 9.78. The summed E-state index contributed by atoms with van der Waals surface area (Å²) < 4.78 is 10.4. The molecule has 1 aromatic carbocycles. The molecule has 5 nitrogen and oxygen atoms in total. The third-order valence-electron chi connectivity index (χ3n) is 5.02. The molecule has 1 N–H and O–H groups in total. The Hall–Kier alpha value is -1.69. The number of carbonyl (C=O) groups excluding carboxylic acids is 2. The van der Waals surface area contributed by atoms with E-state index in [9.17, 15) is 9.59 Å². The summed E-state index contributed by atoms with van der Waals surface area (Å²) >= 11 is 1.56. The summed E-state index contributed by atoms with van der Waals surface area (Å²) in [4.78, 5) is 25.4. The van der Waals surface area contributed by atoms with Gasteiger partial charge in [-0.3, -0.25) is 4.79 Å². The van der Waals surface area contributed by atoms with E-state index in [1.54, 1.807) is 23.9 Å². The number of esters is 1. The Labute approximate surface area is 153 Å². The fourth-order valence-corrected chi connectivity index (χ4v) is 3.64. The summed E-state index contributed by atoms with van der Waals surface area (Å²) in [6.07, 6.45) is 5.25. The van der Waals surface area contributed by atoms with E-state index in [4.69, 9.17) is 9.47 Å². The number of benzene rings is 1. The van der Waals surface area contributed by atoms with Crippen molar-refractivity contribution < 1.29 is 19.1 Å². The number of thioether (sulfide) groups is 1. The van der Waals surface area contributed by atoms with Gasteiger partial charge >= 0.3 is 5.97 Å². The van der Waals surface area contributed by atoms with Crippen molar-refractivity contribution in [3.63, 3.8) is 0 Å². The standard InChI is InChI=1S/C19H27NO4S/c1-12-6-5-7-16(13(12)2)20-18(21)11-24-19(22)15-9-8-14(25-4)10-17(15)23-3/h8-10,12-13,16H,5-7,11H2,1-4H3,(H,20,21)/t12-,13-,16+/m0/s1. The van der Waals surface area contributed by atoms with Crippen LogP contribution in [-0.2, 0) is 9.53 Å². The Morgan fingerprint density at radius 1 is 1.28 bits per heavy atom. The van der Waals surface area contributed by atoms with Gasteiger partial charge in [-0.1, -0.05) is 26.7 Å². The lowest BCUT2D eigenvalue weighted by Crippen LogP contribution is -2.45. The van der Waals surface area contributed by atoms with Gasteiger partial charge < -0.3 is 14.8 Å². The van der Waals surface area contributed by atoms with Gasteiger partial charge in [-0.15, -0.1) is 11.8 Å². The lowest BCUT2D eigenvalue weighted by Gasteiger charge is -2.34. The van der Waals surface area contributed by atoms with Crippen molar-refractivity contribution in [2.75, 3.05) is 20.0 Å². The molecule has 0 heterocycles. The van der Waals surface area contributed by atoms with Gasteiger partial charge in [0.05, 0.1) is 7.11 Å². The fraction of sp³-hybridized carbons (Fsp3) is 0.579. The van der Waals surface area contributed by atoms with Crippen molar-refractivity contribution in [2.24, 2.45) is 11.8 Å². The van der Waals surface area contributed by atoms with Crippen LogP contribution in [0.3, 0.4) is 0 Å². The molecule has 6 heteroatoms. The summed E-state index contributed by atoms with van der Waals surface area (Å²) in [6.45, 7) is 4.11. The minimum absolute atomic E-state index is 0.158. The zero-order valence-electron chi connectivity index (χ0n) is 15.3. The average Bonchev–Trinajstić information content (AvgIpc) is 2.62. The lowest BCUT2D eigenvalue weighted by molar-refractivity contribution is -0.125. The molecule has 1 saturated carbocycles. The normalized spacial score (nSPS) is 23.0. The highest BCUT2D eigenvalue weighted by Gasteiger charge is 2.28. The topological polar surface area (TPSA) is 64.6 Å². The zero-order valence-corrected chi connectivity index (χ0v) is 16.2. The molecule has 25 heavy (non-hydrogen) atoms. The van der Waals surface area contributed by atoms with Crippen molar-refractivity contribution in [3.8, 4) is 5.75 Å². The van der Waals surface area contributed by atoms with Gasteiger partial charge in [-0.05, 0) is 42.7 Å². The van der Waals surface area contributed by atoms with Gasteiger partial charge in [-0.2, -0.15) is 0 Å². The van der Waals surface area contributed by atoms with Crippen LogP contribution in [0.5, 0.6) is 5.75 Å². The van der Waals surface area contributed by atoms with E-state index < -0.39 is 5.97 Å². The highest BCUT2D eigenvalue weighted by molar-refractivity contribution is 7.98. The van der Waals surface area contributed by atoms with Crippen LogP contribution in [0.15, 0.2) is 23.1 Å². The zero-order chi connectivity index (χ0) is 18.4. The summed E-state index contributed by atoms with van der Waals surface area (Å²) in [5.41, 5.74) is 0.327. The molecule has 0 saturated heterocycles. The molecule has 1 aliphatic rings. The molecule has 0 unspecified atom stereocenters. The van der Waals surface area contributed by atoms with Crippen molar-refractivity contribution in [1.82, 2.24) is 5.32 Å². The molecule has 0 aromatic heterocycles. The van der Waals surface area contributed by atoms with Crippen molar-refractivity contribution in [1.29, 1.82) is 0 Å². The Kier molecular flexibility index (Phi) is 7.17. The second kappa shape index (κ2) is 9.13. The second-order valence-electron chi connectivity index (χ2n) is 6.58. The Bertz CT molecular complexity index is 619. The van der Waals surface area contributed by atoms with Gasteiger partial charge in [0.15, 0.2) is 6.61 Å². The van der Waals surface area contributed by atoms with Gasteiger partial charge in [0, 0.05) is 10.9 Å².